The molecule has 0 amide bonds. The summed E-state index contributed by atoms with van der Waals surface area (Å²) < 4.78 is 51.8. The van der Waals surface area contributed by atoms with Gasteiger partial charge in [0.1, 0.15) is 11.9 Å². The van der Waals surface area contributed by atoms with Gasteiger partial charge in [-0.25, -0.2) is 4.39 Å². The van der Waals surface area contributed by atoms with Crippen LogP contribution < -0.4 is 4.90 Å². The molecule has 1 atom stereocenters. The molecule has 0 saturated carbocycles. The Morgan fingerprint density at radius 2 is 1.76 bits per heavy atom. The van der Waals surface area contributed by atoms with Crippen molar-refractivity contribution in [3.63, 3.8) is 0 Å². The van der Waals surface area contributed by atoms with Gasteiger partial charge < -0.3 is 10.0 Å². The third kappa shape index (κ3) is 3.07. The van der Waals surface area contributed by atoms with Gasteiger partial charge in [-0.05, 0) is 42.5 Å². The number of rotatable bonds is 3. The lowest BCUT2D eigenvalue weighted by Crippen LogP contribution is -2.33. The second kappa shape index (κ2) is 5.87. The van der Waals surface area contributed by atoms with Gasteiger partial charge in [0, 0.05) is 11.3 Å². The molecular weight excluding hydrogens is 342 g/mol. The average molecular weight is 353 g/mol. The molecule has 0 bridgehead atoms. The monoisotopic (exact) mass is 353 g/mol. The van der Waals surface area contributed by atoms with E-state index in [4.69, 9.17) is 5.11 Å². The minimum absolute atomic E-state index is 0.163. The van der Waals surface area contributed by atoms with Crippen LogP contribution >= 0.6 is 0 Å². The summed E-state index contributed by atoms with van der Waals surface area (Å²) in [6.45, 7) is 0. The number of hydrogen-bond acceptors (Lipinski definition) is 3. The summed E-state index contributed by atoms with van der Waals surface area (Å²) >= 11 is 0. The maximum atomic E-state index is 13.1. The van der Waals surface area contributed by atoms with Crippen molar-refractivity contribution < 1.29 is 32.3 Å². The van der Waals surface area contributed by atoms with Crippen molar-refractivity contribution in [2.45, 2.75) is 18.6 Å². The maximum absolute atomic E-state index is 13.1. The number of anilines is 2. The van der Waals surface area contributed by atoms with Crippen molar-refractivity contribution in [2.75, 3.05) is 4.90 Å². The van der Waals surface area contributed by atoms with Crippen LogP contribution in [-0.2, 0) is 11.0 Å². The number of carbonyl (C=O) groups excluding carboxylic acids is 1. The molecule has 2 aromatic rings. The van der Waals surface area contributed by atoms with E-state index in [-0.39, 0.29) is 11.3 Å². The highest BCUT2D eigenvalue weighted by Crippen LogP contribution is 2.42. The van der Waals surface area contributed by atoms with Crippen molar-refractivity contribution in [3.05, 3.63) is 59.4 Å². The van der Waals surface area contributed by atoms with Crippen molar-refractivity contribution in [1.82, 2.24) is 0 Å². The SMILES string of the molecule is O=C(O)CC1C(=O)c2cc(C(F)(F)F)ccc2N1c1ccc(F)cc1. The highest BCUT2D eigenvalue weighted by atomic mass is 19.4. The molecule has 0 radical (unpaired) electrons. The predicted molar refractivity (Wildman–Crippen MR) is 80.4 cm³/mol. The van der Waals surface area contributed by atoms with Crippen molar-refractivity contribution >= 4 is 23.1 Å². The Kier molecular flexibility index (Phi) is 3.98. The standard InChI is InChI=1S/C17H11F4NO3/c18-10-2-4-11(5-3-10)22-13-6-1-9(17(19,20)21)7-12(13)16(25)14(22)8-15(23)24/h1-7,14H,8H2,(H,23,24). The minimum atomic E-state index is -4.62. The largest absolute Gasteiger partial charge is 0.481 e. The highest BCUT2D eigenvalue weighted by Gasteiger charge is 2.41. The number of nitrogens with zero attached hydrogens (tertiary/aromatic N) is 1. The molecule has 0 aliphatic carbocycles. The van der Waals surface area contributed by atoms with Crippen LogP contribution in [0, 0.1) is 5.82 Å². The number of Topliss-reactive ketones (excluding diaryl/α,β-unsaturated/α-hetero) is 1. The summed E-state index contributed by atoms with van der Waals surface area (Å²) in [5, 5.41) is 9.04. The molecule has 1 aliphatic heterocycles. The van der Waals surface area contributed by atoms with Gasteiger partial charge in [-0.1, -0.05) is 0 Å². The van der Waals surface area contributed by atoms with E-state index in [9.17, 15) is 27.2 Å². The molecule has 0 saturated heterocycles. The summed E-state index contributed by atoms with van der Waals surface area (Å²) in [6.07, 6.45) is -5.22. The van der Waals surface area contributed by atoms with Crippen molar-refractivity contribution in [1.29, 1.82) is 0 Å². The number of fused-ring (bicyclic) bond motifs is 1. The number of aliphatic carboxylic acids is 1. The van der Waals surface area contributed by atoms with Gasteiger partial charge in [0.2, 0.25) is 0 Å². The number of carbonyl (C=O) groups is 2. The van der Waals surface area contributed by atoms with Crippen LogP contribution in [0.4, 0.5) is 28.9 Å². The Balaban J connectivity index is 2.13. The van der Waals surface area contributed by atoms with Crippen LogP contribution in [0.2, 0.25) is 0 Å². The quantitative estimate of drug-likeness (QED) is 0.847. The van der Waals surface area contributed by atoms with E-state index in [2.05, 4.69) is 0 Å². The predicted octanol–water partition coefficient (Wildman–Crippen LogP) is 4.02. The van der Waals surface area contributed by atoms with Crippen LogP contribution in [0.5, 0.6) is 0 Å². The van der Waals surface area contributed by atoms with Gasteiger partial charge in [-0.3, -0.25) is 9.59 Å². The number of halogens is 4. The number of alkyl halides is 3. The number of benzene rings is 2. The van der Waals surface area contributed by atoms with Crippen LogP contribution in [-0.4, -0.2) is 22.9 Å². The summed E-state index contributed by atoms with van der Waals surface area (Å²) in [7, 11) is 0. The molecule has 3 rings (SSSR count). The summed E-state index contributed by atoms with van der Waals surface area (Å²) in [5.41, 5.74) is -0.713. The number of carboxylic acids is 1. The highest BCUT2D eigenvalue weighted by molar-refractivity contribution is 6.14. The number of carboxylic acid groups (broad SMARTS) is 1. The van der Waals surface area contributed by atoms with E-state index < -0.39 is 41.8 Å². The maximum Gasteiger partial charge on any atom is 0.416 e. The van der Waals surface area contributed by atoms with Crippen molar-refractivity contribution in [3.8, 4) is 0 Å². The van der Waals surface area contributed by atoms with Gasteiger partial charge in [0.15, 0.2) is 5.78 Å². The molecule has 1 unspecified atom stereocenters. The Bertz CT molecular complexity index is 846. The molecule has 8 heteroatoms. The Hall–Kier alpha value is -2.90. The Morgan fingerprint density at radius 1 is 1.12 bits per heavy atom. The average Bonchev–Trinajstić information content (AvgIpc) is 2.79. The number of hydrogen-bond donors (Lipinski definition) is 1. The van der Waals surface area contributed by atoms with E-state index in [1.165, 1.54) is 17.0 Å². The molecule has 25 heavy (non-hydrogen) atoms. The van der Waals surface area contributed by atoms with Crippen LogP contribution in [0.15, 0.2) is 42.5 Å². The Labute approximate surface area is 139 Å². The van der Waals surface area contributed by atoms with Gasteiger partial charge in [-0.15, -0.1) is 0 Å². The zero-order chi connectivity index (χ0) is 18.4. The first kappa shape index (κ1) is 16.9. The van der Waals surface area contributed by atoms with Crippen molar-refractivity contribution in [2.24, 2.45) is 0 Å². The molecule has 1 N–H and O–H groups in total. The first-order chi connectivity index (χ1) is 11.7. The molecule has 130 valence electrons. The fourth-order valence-electron chi connectivity index (χ4n) is 2.85. The van der Waals surface area contributed by atoms with Crippen LogP contribution in [0.1, 0.15) is 22.3 Å². The lowest BCUT2D eigenvalue weighted by Gasteiger charge is -2.25. The fourth-order valence-corrected chi connectivity index (χ4v) is 2.85. The molecule has 1 heterocycles. The summed E-state index contributed by atoms with van der Waals surface area (Å²) in [6, 6.07) is 6.40. The van der Waals surface area contributed by atoms with Gasteiger partial charge in [-0.2, -0.15) is 13.2 Å². The third-order valence-electron chi connectivity index (χ3n) is 3.94. The first-order valence-electron chi connectivity index (χ1n) is 7.20. The van der Waals surface area contributed by atoms with E-state index in [0.717, 1.165) is 30.3 Å². The second-order valence-corrected chi connectivity index (χ2v) is 5.55. The topological polar surface area (TPSA) is 57.6 Å². The van der Waals surface area contributed by atoms with Gasteiger partial charge in [0.05, 0.1) is 17.7 Å². The van der Waals surface area contributed by atoms with Crippen LogP contribution in [0.25, 0.3) is 0 Å². The van der Waals surface area contributed by atoms with E-state index in [1.807, 2.05) is 0 Å². The minimum Gasteiger partial charge on any atom is -0.481 e. The molecule has 4 nitrogen and oxygen atoms in total. The smallest absolute Gasteiger partial charge is 0.416 e. The Morgan fingerprint density at radius 3 is 2.32 bits per heavy atom. The zero-order valence-electron chi connectivity index (χ0n) is 12.5. The normalized spacial score (nSPS) is 16.9. The lowest BCUT2D eigenvalue weighted by atomic mass is 10.0. The van der Waals surface area contributed by atoms with Gasteiger partial charge in [0.25, 0.3) is 0 Å². The van der Waals surface area contributed by atoms with E-state index in [1.54, 1.807) is 0 Å². The molecule has 0 fully saturated rings. The second-order valence-electron chi connectivity index (χ2n) is 5.55. The zero-order valence-corrected chi connectivity index (χ0v) is 12.5. The van der Waals surface area contributed by atoms with E-state index >= 15 is 0 Å². The lowest BCUT2D eigenvalue weighted by molar-refractivity contribution is -0.138. The fraction of sp³-hybridized carbons (Fsp3) is 0.176. The van der Waals surface area contributed by atoms with Gasteiger partial charge >= 0.3 is 12.1 Å². The van der Waals surface area contributed by atoms with Crippen LogP contribution in [0.3, 0.4) is 0 Å². The first-order valence-corrected chi connectivity index (χ1v) is 7.20. The molecule has 0 spiro atoms. The molecule has 0 aromatic heterocycles. The molecule has 2 aromatic carbocycles. The third-order valence-corrected chi connectivity index (χ3v) is 3.94. The molecule has 1 aliphatic rings. The summed E-state index contributed by atoms with van der Waals surface area (Å²) in [5.74, 6) is -2.51. The number of ketones is 1. The summed E-state index contributed by atoms with van der Waals surface area (Å²) in [4.78, 5) is 24.9. The molecular formula is C17H11F4NO3. The van der Waals surface area contributed by atoms with E-state index in [0.29, 0.717) is 5.69 Å².